The molecule has 0 aliphatic carbocycles. The number of thiocarbonyl (C=S) groups is 1. The highest BCUT2D eigenvalue weighted by Crippen LogP contribution is 2.37. The molecule has 1 fully saturated rings. The monoisotopic (exact) mass is 521 g/mol. The van der Waals surface area contributed by atoms with E-state index in [-0.39, 0.29) is 12.5 Å². The van der Waals surface area contributed by atoms with Crippen LogP contribution in [0.2, 0.25) is 0 Å². The van der Waals surface area contributed by atoms with Crippen LogP contribution in [-0.4, -0.2) is 74.2 Å². The Morgan fingerprint density at radius 2 is 1.81 bits per heavy atom. The fourth-order valence-electron chi connectivity index (χ4n) is 3.31. The van der Waals surface area contributed by atoms with E-state index in [0.717, 1.165) is 42.5 Å². The summed E-state index contributed by atoms with van der Waals surface area (Å²) in [6.45, 7) is 6.08. The highest BCUT2D eigenvalue weighted by atomic mass is 79.9. The van der Waals surface area contributed by atoms with Crippen LogP contribution in [0.3, 0.4) is 0 Å². The number of amides is 1. The van der Waals surface area contributed by atoms with E-state index in [1.807, 2.05) is 31.2 Å². The summed E-state index contributed by atoms with van der Waals surface area (Å²) < 4.78 is 17.4. The number of ether oxygens (including phenoxy) is 3. The molecular weight excluding hydrogens is 494 g/mol. The number of piperazine rings is 1. The van der Waals surface area contributed by atoms with Gasteiger partial charge in [0.25, 0.3) is 5.91 Å². The van der Waals surface area contributed by atoms with Crippen LogP contribution in [0.1, 0.15) is 12.5 Å². The molecule has 0 saturated carbocycles. The van der Waals surface area contributed by atoms with E-state index >= 15 is 0 Å². The van der Waals surface area contributed by atoms with Crippen molar-refractivity contribution in [2.45, 2.75) is 6.92 Å². The number of methoxy groups -OCH3 is 1. The molecule has 0 spiro atoms. The Morgan fingerprint density at radius 3 is 2.44 bits per heavy atom. The van der Waals surface area contributed by atoms with Gasteiger partial charge in [0.05, 0.1) is 18.2 Å². The molecule has 2 aromatic carbocycles. The van der Waals surface area contributed by atoms with Gasteiger partial charge in [-0.2, -0.15) is 0 Å². The van der Waals surface area contributed by atoms with Crippen LogP contribution in [0.25, 0.3) is 0 Å². The van der Waals surface area contributed by atoms with E-state index in [1.165, 1.54) is 0 Å². The molecule has 172 valence electrons. The second kappa shape index (κ2) is 11.5. The highest BCUT2D eigenvalue weighted by Gasteiger charge is 2.21. The number of likely N-dealkylation sites (N-methyl/N-ethyl adjacent to an activating group) is 1. The van der Waals surface area contributed by atoms with Gasteiger partial charge in [0, 0.05) is 37.4 Å². The third-order valence-corrected chi connectivity index (χ3v) is 6.15. The van der Waals surface area contributed by atoms with Crippen LogP contribution in [0.15, 0.2) is 40.9 Å². The average molecular weight is 522 g/mol. The molecule has 0 radical (unpaired) electrons. The first kappa shape index (κ1) is 24.3. The van der Waals surface area contributed by atoms with Crippen molar-refractivity contribution in [2.75, 3.05) is 58.9 Å². The summed E-state index contributed by atoms with van der Waals surface area (Å²) in [5, 5.41) is 2.81. The molecule has 1 heterocycles. The van der Waals surface area contributed by atoms with E-state index in [0.29, 0.717) is 28.3 Å². The number of benzene rings is 2. The highest BCUT2D eigenvalue weighted by molar-refractivity contribution is 9.10. The Balaban J connectivity index is 1.63. The predicted molar refractivity (Wildman–Crippen MR) is 133 cm³/mol. The normalized spacial score (nSPS) is 14.1. The molecule has 1 aliphatic rings. The molecule has 1 amide bonds. The first-order valence-electron chi connectivity index (χ1n) is 10.4. The maximum atomic E-state index is 12.4. The number of nitrogens with one attached hydrogen (secondary N) is 1. The lowest BCUT2D eigenvalue weighted by molar-refractivity contribution is -0.118. The van der Waals surface area contributed by atoms with Crippen LogP contribution in [0, 0.1) is 0 Å². The van der Waals surface area contributed by atoms with E-state index in [9.17, 15) is 4.79 Å². The van der Waals surface area contributed by atoms with E-state index in [1.54, 1.807) is 19.2 Å². The molecule has 32 heavy (non-hydrogen) atoms. The Morgan fingerprint density at radius 1 is 1.12 bits per heavy atom. The fraction of sp³-hybridized carbons (Fsp3) is 0.391. The number of hydrogen-bond acceptors (Lipinski definition) is 6. The van der Waals surface area contributed by atoms with Gasteiger partial charge in [-0.25, -0.2) is 0 Å². The van der Waals surface area contributed by atoms with Gasteiger partial charge in [0.2, 0.25) is 0 Å². The molecule has 0 bridgehead atoms. The Bertz CT molecular complexity index is 947. The summed E-state index contributed by atoms with van der Waals surface area (Å²) in [4.78, 5) is 17.6. The topological polar surface area (TPSA) is 63.3 Å². The van der Waals surface area contributed by atoms with Crippen LogP contribution in [-0.2, 0) is 4.79 Å². The first-order valence-corrected chi connectivity index (χ1v) is 11.6. The molecule has 3 rings (SSSR count). The summed E-state index contributed by atoms with van der Waals surface area (Å²) in [6, 6.07) is 10.9. The summed E-state index contributed by atoms with van der Waals surface area (Å²) in [6.07, 6.45) is 0. The Labute approximate surface area is 202 Å². The molecule has 7 nitrogen and oxygen atoms in total. The standard InChI is InChI=1S/C23H28BrN3O4S/c1-4-30-18-7-5-17(6-8-18)25-21(28)15-31-22-19(24)13-16(14-20(22)29-3)23(32)27-11-9-26(2)10-12-27/h5-8,13-14H,4,9-12,15H2,1-3H3,(H,25,28). The Hall–Kier alpha value is -2.36. The molecule has 0 atom stereocenters. The number of carbonyl (C=O) groups excluding carboxylic acids is 1. The zero-order chi connectivity index (χ0) is 23.1. The van der Waals surface area contributed by atoms with Crippen molar-refractivity contribution in [3.63, 3.8) is 0 Å². The summed E-state index contributed by atoms with van der Waals surface area (Å²) in [5.41, 5.74) is 1.54. The zero-order valence-electron chi connectivity index (χ0n) is 18.5. The van der Waals surface area contributed by atoms with Gasteiger partial charge in [0.1, 0.15) is 10.7 Å². The fourth-order valence-corrected chi connectivity index (χ4v) is 4.17. The molecule has 0 aromatic heterocycles. The van der Waals surface area contributed by atoms with Crippen molar-refractivity contribution in [2.24, 2.45) is 0 Å². The van der Waals surface area contributed by atoms with Crippen molar-refractivity contribution < 1.29 is 19.0 Å². The van der Waals surface area contributed by atoms with Crippen molar-refractivity contribution in [3.05, 3.63) is 46.4 Å². The number of rotatable bonds is 8. The molecule has 0 unspecified atom stereocenters. The van der Waals surface area contributed by atoms with Crippen molar-refractivity contribution in [1.82, 2.24) is 9.80 Å². The number of halogens is 1. The molecule has 1 N–H and O–H groups in total. The maximum Gasteiger partial charge on any atom is 0.262 e. The predicted octanol–water partition coefficient (Wildman–Crippen LogP) is 3.80. The third kappa shape index (κ3) is 6.34. The molecule has 2 aromatic rings. The summed E-state index contributed by atoms with van der Waals surface area (Å²) in [7, 11) is 3.68. The van der Waals surface area contributed by atoms with Gasteiger partial charge < -0.3 is 29.3 Å². The van der Waals surface area contributed by atoms with Gasteiger partial charge in [-0.15, -0.1) is 0 Å². The number of carbonyl (C=O) groups is 1. The third-order valence-electron chi connectivity index (χ3n) is 5.06. The van der Waals surface area contributed by atoms with Crippen molar-refractivity contribution in [1.29, 1.82) is 0 Å². The number of anilines is 1. The second-order valence-corrected chi connectivity index (χ2v) is 8.62. The van der Waals surface area contributed by atoms with Gasteiger partial charge in [-0.05, 0) is 66.3 Å². The van der Waals surface area contributed by atoms with Crippen LogP contribution in [0.4, 0.5) is 5.69 Å². The lowest BCUT2D eigenvalue weighted by Gasteiger charge is -2.34. The second-order valence-electron chi connectivity index (χ2n) is 7.38. The van der Waals surface area contributed by atoms with Gasteiger partial charge >= 0.3 is 0 Å². The zero-order valence-corrected chi connectivity index (χ0v) is 20.9. The summed E-state index contributed by atoms with van der Waals surface area (Å²) in [5.74, 6) is 1.45. The Kier molecular flexibility index (Phi) is 8.72. The molecule has 1 saturated heterocycles. The molecule has 9 heteroatoms. The van der Waals surface area contributed by atoms with Gasteiger partial charge in [0.15, 0.2) is 18.1 Å². The number of nitrogens with zero attached hydrogens (tertiary/aromatic N) is 2. The SMILES string of the molecule is CCOc1ccc(NC(=O)COc2c(Br)cc(C(=S)N3CCN(C)CC3)cc2OC)cc1. The minimum absolute atomic E-state index is 0.162. The quantitative estimate of drug-likeness (QED) is 0.530. The van der Waals surface area contributed by atoms with Crippen LogP contribution >= 0.6 is 28.1 Å². The van der Waals surface area contributed by atoms with Gasteiger partial charge in [-0.3, -0.25) is 4.79 Å². The smallest absolute Gasteiger partial charge is 0.262 e. The average Bonchev–Trinajstić information content (AvgIpc) is 2.79. The molecular formula is C23H28BrN3O4S. The van der Waals surface area contributed by atoms with E-state index < -0.39 is 0 Å². The minimum atomic E-state index is -0.278. The van der Waals surface area contributed by atoms with E-state index in [2.05, 4.69) is 38.1 Å². The largest absolute Gasteiger partial charge is 0.494 e. The van der Waals surface area contributed by atoms with Crippen molar-refractivity contribution in [3.8, 4) is 17.2 Å². The van der Waals surface area contributed by atoms with E-state index in [4.69, 9.17) is 26.4 Å². The number of hydrogen-bond donors (Lipinski definition) is 1. The summed E-state index contributed by atoms with van der Waals surface area (Å²) >= 11 is 9.25. The minimum Gasteiger partial charge on any atom is -0.494 e. The first-order chi connectivity index (χ1) is 15.4. The van der Waals surface area contributed by atoms with Gasteiger partial charge in [-0.1, -0.05) is 12.2 Å². The lowest BCUT2D eigenvalue weighted by Crippen LogP contribution is -2.46. The maximum absolute atomic E-state index is 12.4. The van der Waals surface area contributed by atoms with Crippen molar-refractivity contribution >= 4 is 44.7 Å². The van der Waals surface area contributed by atoms with Crippen LogP contribution < -0.4 is 19.5 Å². The lowest BCUT2D eigenvalue weighted by atomic mass is 10.1. The molecule has 1 aliphatic heterocycles. The van der Waals surface area contributed by atoms with Crippen LogP contribution in [0.5, 0.6) is 17.2 Å².